The summed E-state index contributed by atoms with van der Waals surface area (Å²) in [6, 6.07) is 16.7. The highest BCUT2D eigenvalue weighted by Gasteiger charge is 2.20. The molecule has 1 fully saturated rings. The Labute approximate surface area is 183 Å². The maximum atomic E-state index is 5.38. The van der Waals surface area contributed by atoms with Crippen LogP contribution in [0.5, 0.6) is 5.75 Å². The molecule has 0 atom stereocenters. The highest BCUT2D eigenvalue weighted by molar-refractivity contribution is 9.10. The zero-order valence-electron chi connectivity index (χ0n) is 17.4. The molecule has 0 N–H and O–H groups in total. The van der Waals surface area contributed by atoms with E-state index in [4.69, 9.17) is 9.57 Å². The van der Waals surface area contributed by atoms with Gasteiger partial charge in [0.15, 0.2) is 0 Å². The Bertz CT molecular complexity index is 787. The Balaban J connectivity index is 1.46. The smallest absolute Gasteiger partial charge is 0.119 e. The van der Waals surface area contributed by atoms with Crippen LogP contribution in [0.3, 0.4) is 0 Å². The van der Waals surface area contributed by atoms with Gasteiger partial charge in [-0.1, -0.05) is 51.4 Å². The minimum absolute atomic E-state index is 0.728. The van der Waals surface area contributed by atoms with Crippen LogP contribution in [0.4, 0.5) is 0 Å². The molecule has 0 amide bonds. The number of piperidine rings is 1. The van der Waals surface area contributed by atoms with Crippen molar-refractivity contribution in [3.05, 3.63) is 64.1 Å². The summed E-state index contributed by atoms with van der Waals surface area (Å²) in [5.74, 6) is 1.66. The first kappa shape index (κ1) is 21.8. The van der Waals surface area contributed by atoms with E-state index in [2.05, 4.69) is 62.4 Å². The summed E-state index contributed by atoms with van der Waals surface area (Å²) >= 11 is 3.69. The molecule has 5 heteroatoms. The van der Waals surface area contributed by atoms with Crippen molar-refractivity contribution >= 4 is 21.6 Å². The van der Waals surface area contributed by atoms with Crippen LogP contribution < -0.4 is 4.74 Å². The van der Waals surface area contributed by atoms with Crippen LogP contribution in [0.15, 0.2) is 58.2 Å². The summed E-state index contributed by atoms with van der Waals surface area (Å²) in [7, 11) is 3.36. The normalized spacial score (nSPS) is 16.0. The molecule has 0 radical (unpaired) electrons. The van der Waals surface area contributed by atoms with E-state index in [1.807, 2.05) is 12.1 Å². The molecule has 2 aromatic carbocycles. The lowest BCUT2D eigenvalue weighted by molar-refractivity contribution is 0.185. The van der Waals surface area contributed by atoms with Gasteiger partial charge in [0.25, 0.3) is 0 Å². The fourth-order valence-corrected chi connectivity index (χ4v) is 4.38. The van der Waals surface area contributed by atoms with Gasteiger partial charge in [-0.15, -0.1) is 0 Å². The summed E-state index contributed by atoms with van der Waals surface area (Å²) < 4.78 is 6.56. The molecule has 0 aromatic heterocycles. The van der Waals surface area contributed by atoms with Crippen LogP contribution in [-0.4, -0.2) is 44.5 Å². The number of methoxy groups -OCH3 is 1. The minimum atomic E-state index is 0.728. The van der Waals surface area contributed by atoms with Gasteiger partial charge in [0.2, 0.25) is 0 Å². The standard InChI is InChI=1S/C24H31BrN2O2/c1-28-23-8-9-24(25)21(18-23)16-20-10-13-27(14-11-20)15-12-22(26-29-2)17-19-6-4-3-5-7-19/h3-9,18,20H,10-17H2,1-2H3/b26-22-. The predicted octanol–water partition coefficient (Wildman–Crippen LogP) is 5.35. The van der Waals surface area contributed by atoms with E-state index in [1.54, 1.807) is 14.2 Å². The molecule has 0 aliphatic carbocycles. The number of hydrogen-bond donors (Lipinski definition) is 0. The van der Waals surface area contributed by atoms with Crippen LogP contribution in [0.2, 0.25) is 0 Å². The second kappa shape index (κ2) is 11.4. The molecule has 1 heterocycles. The number of hydrogen-bond acceptors (Lipinski definition) is 4. The van der Waals surface area contributed by atoms with E-state index in [0.29, 0.717) is 0 Å². The molecule has 4 nitrogen and oxygen atoms in total. The van der Waals surface area contributed by atoms with Crippen molar-refractivity contribution in [2.45, 2.75) is 32.1 Å². The number of ether oxygens (including phenoxy) is 1. The quantitative estimate of drug-likeness (QED) is 0.375. The lowest BCUT2D eigenvalue weighted by atomic mass is 9.90. The average Bonchev–Trinajstić information content (AvgIpc) is 2.75. The molecule has 0 saturated carbocycles. The third-order valence-corrected chi connectivity index (χ3v) is 6.43. The van der Waals surface area contributed by atoms with E-state index in [1.165, 1.54) is 28.4 Å². The van der Waals surface area contributed by atoms with E-state index < -0.39 is 0 Å². The first-order valence-electron chi connectivity index (χ1n) is 10.4. The largest absolute Gasteiger partial charge is 0.497 e. The van der Waals surface area contributed by atoms with Gasteiger partial charge in [-0.2, -0.15) is 0 Å². The molecule has 29 heavy (non-hydrogen) atoms. The molecule has 1 aliphatic heterocycles. The van der Waals surface area contributed by atoms with Crippen LogP contribution in [0, 0.1) is 5.92 Å². The minimum Gasteiger partial charge on any atom is -0.497 e. The highest BCUT2D eigenvalue weighted by Crippen LogP contribution is 2.28. The molecule has 156 valence electrons. The Kier molecular flexibility index (Phi) is 8.56. The highest BCUT2D eigenvalue weighted by atomic mass is 79.9. The van der Waals surface area contributed by atoms with E-state index in [0.717, 1.165) is 56.3 Å². The molecular weight excluding hydrogens is 428 g/mol. The van der Waals surface area contributed by atoms with E-state index >= 15 is 0 Å². The molecule has 0 bridgehead atoms. The van der Waals surface area contributed by atoms with Crippen molar-refractivity contribution in [1.29, 1.82) is 0 Å². The number of halogens is 1. The Hall–Kier alpha value is -1.85. The lowest BCUT2D eigenvalue weighted by Gasteiger charge is -2.32. The van der Waals surface area contributed by atoms with Crippen molar-refractivity contribution in [3.63, 3.8) is 0 Å². The van der Waals surface area contributed by atoms with Gasteiger partial charge in [-0.25, -0.2) is 0 Å². The number of rotatable bonds is 9. The molecular formula is C24H31BrN2O2. The maximum Gasteiger partial charge on any atom is 0.119 e. The van der Waals surface area contributed by atoms with Crippen molar-refractivity contribution < 1.29 is 9.57 Å². The van der Waals surface area contributed by atoms with Gasteiger partial charge >= 0.3 is 0 Å². The average molecular weight is 459 g/mol. The second-order valence-electron chi connectivity index (χ2n) is 7.70. The molecule has 1 saturated heterocycles. The SMILES string of the molecule is CO/N=C(/CCN1CCC(Cc2cc(OC)ccc2Br)CC1)Cc1ccccc1. The summed E-state index contributed by atoms with van der Waals surface area (Å²) in [5, 5.41) is 4.27. The van der Waals surface area contributed by atoms with Gasteiger partial charge in [-0.05, 0) is 67.6 Å². The third kappa shape index (κ3) is 6.86. The van der Waals surface area contributed by atoms with Crippen molar-refractivity contribution in [3.8, 4) is 5.75 Å². The summed E-state index contributed by atoms with van der Waals surface area (Å²) in [4.78, 5) is 7.65. The fourth-order valence-electron chi connectivity index (χ4n) is 3.97. The van der Waals surface area contributed by atoms with Crippen LogP contribution in [0.25, 0.3) is 0 Å². The van der Waals surface area contributed by atoms with Crippen LogP contribution in [0.1, 0.15) is 30.4 Å². The molecule has 0 unspecified atom stereocenters. The third-order valence-electron chi connectivity index (χ3n) is 5.66. The van der Waals surface area contributed by atoms with Crippen molar-refractivity contribution in [2.75, 3.05) is 33.9 Å². The number of likely N-dealkylation sites (tertiary alicyclic amines) is 1. The zero-order valence-corrected chi connectivity index (χ0v) is 19.0. The maximum absolute atomic E-state index is 5.38. The second-order valence-corrected chi connectivity index (χ2v) is 8.55. The van der Waals surface area contributed by atoms with Gasteiger partial charge in [0.1, 0.15) is 12.9 Å². The summed E-state index contributed by atoms with van der Waals surface area (Å²) in [5.41, 5.74) is 3.74. The number of benzene rings is 2. The number of oxime groups is 1. The van der Waals surface area contributed by atoms with E-state index in [9.17, 15) is 0 Å². The van der Waals surface area contributed by atoms with E-state index in [-0.39, 0.29) is 0 Å². The fraction of sp³-hybridized carbons (Fsp3) is 0.458. The summed E-state index contributed by atoms with van der Waals surface area (Å²) in [6.45, 7) is 3.35. The number of nitrogens with zero attached hydrogens (tertiary/aromatic N) is 2. The predicted molar refractivity (Wildman–Crippen MR) is 123 cm³/mol. The first-order chi connectivity index (χ1) is 14.2. The monoisotopic (exact) mass is 458 g/mol. The van der Waals surface area contributed by atoms with Crippen molar-refractivity contribution in [1.82, 2.24) is 4.90 Å². The molecule has 3 rings (SSSR count). The van der Waals surface area contributed by atoms with Crippen molar-refractivity contribution in [2.24, 2.45) is 11.1 Å². The lowest BCUT2D eigenvalue weighted by Crippen LogP contribution is -2.36. The Morgan fingerprint density at radius 1 is 1.10 bits per heavy atom. The molecule has 2 aromatic rings. The first-order valence-corrected chi connectivity index (χ1v) is 11.1. The molecule has 0 spiro atoms. The Morgan fingerprint density at radius 3 is 2.55 bits per heavy atom. The zero-order chi connectivity index (χ0) is 20.5. The van der Waals surface area contributed by atoms with Crippen LogP contribution in [-0.2, 0) is 17.7 Å². The Morgan fingerprint density at radius 2 is 1.86 bits per heavy atom. The van der Waals surface area contributed by atoms with Gasteiger partial charge in [-0.3, -0.25) is 0 Å². The van der Waals surface area contributed by atoms with Gasteiger partial charge < -0.3 is 14.5 Å². The topological polar surface area (TPSA) is 34.1 Å². The van der Waals surface area contributed by atoms with Gasteiger partial charge in [0.05, 0.1) is 12.8 Å². The van der Waals surface area contributed by atoms with Gasteiger partial charge in [0, 0.05) is 23.9 Å². The summed E-state index contributed by atoms with van der Waals surface area (Å²) in [6.07, 6.45) is 5.39. The van der Waals surface area contributed by atoms with Crippen LogP contribution >= 0.6 is 15.9 Å². The molecule has 1 aliphatic rings.